The molecule has 4 heteroatoms. The van der Waals surface area contributed by atoms with Crippen molar-refractivity contribution >= 4 is 11.7 Å². The molecule has 26 valence electrons. The van der Waals surface area contributed by atoms with Gasteiger partial charge in [0.2, 0.25) is 0 Å². The van der Waals surface area contributed by atoms with Crippen molar-refractivity contribution in [3.05, 3.63) is 6.33 Å². The lowest BCUT2D eigenvalue weighted by molar-refractivity contribution is 1.14. The summed E-state index contributed by atoms with van der Waals surface area (Å²) in [6, 6.07) is 0. The fraction of sp³-hybridized carbons (Fsp3) is 0. The Morgan fingerprint density at radius 1 is 1.60 bits per heavy atom. The number of hydrogen-bond acceptors (Lipinski definition) is 4. The highest BCUT2D eigenvalue weighted by molar-refractivity contribution is 6.98. The summed E-state index contributed by atoms with van der Waals surface area (Å²) in [6.45, 7) is 0. The highest BCUT2D eigenvalue weighted by atomic mass is 32.1. The molecule has 0 aliphatic rings. The summed E-state index contributed by atoms with van der Waals surface area (Å²) in [5.41, 5.74) is 0. The lowest BCUT2D eigenvalue weighted by atomic mass is 11.5. The quantitative estimate of drug-likeness (QED) is 0.444. The van der Waals surface area contributed by atoms with Gasteiger partial charge in [-0.3, -0.25) is 0 Å². The van der Waals surface area contributed by atoms with E-state index >= 15 is 0 Å². The largest absolute Gasteiger partial charge is 0.160 e. The maximum absolute atomic E-state index is 3.54. The molecule has 0 aliphatic heterocycles. The van der Waals surface area contributed by atoms with E-state index in [1.165, 1.54) is 6.33 Å². The van der Waals surface area contributed by atoms with E-state index in [2.05, 4.69) is 14.0 Å². The summed E-state index contributed by atoms with van der Waals surface area (Å²) < 4.78 is 6.94. The van der Waals surface area contributed by atoms with Gasteiger partial charge in [-0.05, 0) is 0 Å². The van der Waals surface area contributed by atoms with E-state index in [1.807, 2.05) is 0 Å². The predicted octanol–water partition coefficient (Wildman–Crippen LogP) is -0.0669. The van der Waals surface area contributed by atoms with Crippen LogP contribution in [-0.2, 0) is 0 Å². The number of nitrogens with zero attached hydrogens (tertiary/aromatic N) is 3. The van der Waals surface area contributed by atoms with Gasteiger partial charge in [-0.25, -0.2) is 0 Å². The van der Waals surface area contributed by atoms with Crippen LogP contribution in [0.25, 0.3) is 0 Å². The first-order valence-electron chi connectivity index (χ1n) is 1.08. The third-order valence-corrected chi connectivity index (χ3v) is 0.585. The van der Waals surface area contributed by atoms with Gasteiger partial charge in [-0.1, -0.05) is 4.49 Å². The minimum absolute atomic E-state index is 1.10. The Labute approximate surface area is 33.0 Å². The SMILES string of the molecule is c1nnsn1. The number of rotatable bonds is 0. The van der Waals surface area contributed by atoms with E-state index in [4.69, 9.17) is 0 Å². The van der Waals surface area contributed by atoms with Gasteiger partial charge >= 0.3 is 0 Å². The van der Waals surface area contributed by atoms with Crippen molar-refractivity contribution in [1.82, 2.24) is 14.0 Å². The first-order valence-corrected chi connectivity index (χ1v) is 1.81. The Hall–Kier alpha value is -0.510. The Bertz CT molecular complexity index is 63.4. The minimum atomic E-state index is 1.10. The van der Waals surface area contributed by atoms with Gasteiger partial charge in [0.15, 0.2) is 6.33 Å². The van der Waals surface area contributed by atoms with Crippen LogP contribution in [0, 0.1) is 0 Å². The Kier molecular flexibility index (Phi) is 0.582. The van der Waals surface area contributed by atoms with Crippen LogP contribution in [0.4, 0.5) is 0 Å². The molecule has 1 aromatic rings. The van der Waals surface area contributed by atoms with Crippen LogP contribution in [-0.4, -0.2) is 14.0 Å². The first kappa shape index (κ1) is 2.71. The monoisotopic (exact) mass is 87.0 g/mol. The summed E-state index contributed by atoms with van der Waals surface area (Å²) >= 11 is 1.10. The van der Waals surface area contributed by atoms with E-state index < -0.39 is 0 Å². The average molecular weight is 87.1 g/mol. The Morgan fingerprint density at radius 3 is 2.80 bits per heavy atom. The minimum Gasteiger partial charge on any atom is -0.160 e. The van der Waals surface area contributed by atoms with Crippen molar-refractivity contribution in [3.63, 3.8) is 0 Å². The lowest BCUT2D eigenvalue weighted by Crippen LogP contribution is -1.51. The van der Waals surface area contributed by atoms with Crippen molar-refractivity contribution in [3.8, 4) is 0 Å². The second-order valence-electron chi connectivity index (χ2n) is 0.500. The van der Waals surface area contributed by atoms with Crippen LogP contribution in [0.15, 0.2) is 6.33 Å². The fourth-order valence-corrected chi connectivity index (χ4v) is 0.316. The maximum atomic E-state index is 3.54. The van der Waals surface area contributed by atoms with E-state index in [1.54, 1.807) is 0 Å². The molecule has 5 heavy (non-hydrogen) atoms. The molecule has 0 atom stereocenters. The molecule has 3 nitrogen and oxygen atoms in total. The van der Waals surface area contributed by atoms with Crippen molar-refractivity contribution < 1.29 is 0 Å². The molecule has 0 saturated carbocycles. The van der Waals surface area contributed by atoms with E-state index in [-0.39, 0.29) is 0 Å². The van der Waals surface area contributed by atoms with Gasteiger partial charge in [0.1, 0.15) is 0 Å². The van der Waals surface area contributed by atoms with Gasteiger partial charge in [-0.2, -0.15) is 4.37 Å². The van der Waals surface area contributed by atoms with Crippen molar-refractivity contribution in [1.29, 1.82) is 0 Å². The topological polar surface area (TPSA) is 38.7 Å². The molecule has 0 bridgehead atoms. The second-order valence-corrected chi connectivity index (χ2v) is 1.04. The summed E-state index contributed by atoms with van der Waals surface area (Å²) in [5, 5.41) is 3.38. The molecule has 1 heterocycles. The molecule has 1 aromatic heterocycles. The zero-order chi connectivity index (χ0) is 3.54. The van der Waals surface area contributed by atoms with Crippen LogP contribution in [0.3, 0.4) is 0 Å². The molecule has 1 rings (SSSR count). The summed E-state index contributed by atoms with van der Waals surface area (Å²) in [5.74, 6) is 0. The van der Waals surface area contributed by atoms with Crippen molar-refractivity contribution in [2.45, 2.75) is 0 Å². The van der Waals surface area contributed by atoms with E-state index in [0.717, 1.165) is 11.7 Å². The highest BCUT2D eigenvalue weighted by Crippen LogP contribution is 1.68. The lowest BCUT2D eigenvalue weighted by Gasteiger charge is -1.36. The van der Waals surface area contributed by atoms with Crippen LogP contribution in [0.1, 0.15) is 0 Å². The third kappa shape index (κ3) is 0.384. The molecule has 0 spiro atoms. The third-order valence-electron chi connectivity index (χ3n) is 0.230. The maximum Gasteiger partial charge on any atom is 0.153 e. The molecule has 0 radical (unpaired) electrons. The number of hydrogen-bond donors (Lipinski definition) is 0. The first-order chi connectivity index (χ1) is 2.50. The zero-order valence-corrected chi connectivity index (χ0v) is 3.14. The number of aromatic nitrogens is 3. The van der Waals surface area contributed by atoms with Gasteiger partial charge in [0.05, 0.1) is 11.7 Å². The summed E-state index contributed by atoms with van der Waals surface area (Å²) in [6.07, 6.45) is 1.41. The Balaban J connectivity index is 3.13. The molecule has 0 unspecified atom stereocenters. The van der Waals surface area contributed by atoms with Crippen LogP contribution >= 0.6 is 11.7 Å². The average Bonchev–Trinajstić information content (AvgIpc) is 1.76. The van der Waals surface area contributed by atoms with Crippen molar-refractivity contribution in [2.75, 3.05) is 0 Å². The smallest absolute Gasteiger partial charge is 0.153 e. The summed E-state index contributed by atoms with van der Waals surface area (Å²) in [7, 11) is 0. The molecule has 0 saturated heterocycles. The molecular formula is CHN3S. The molecular weight excluding hydrogens is 86.1 g/mol. The van der Waals surface area contributed by atoms with Crippen LogP contribution in [0.5, 0.6) is 0 Å². The normalized spacial score (nSPS) is 8.00. The van der Waals surface area contributed by atoms with Gasteiger partial charge < -0.3 is 0 Å². The van der Waals surface area contributed by atoms with Crippen LogP contribution in [0.2, 0.25) is 0 Å². The Morgan fingerprint density at radius 2 is 2.60 bits per heavy atom. The fourth-order valence-electron chi connectivity index (χ4n) is 0.105. The molecule has 0 aliphatic carbocycles. The van der Waals surface area contributed by atoms with E-state index in [9.17, 15) is 0 Å². The molecule has 0 amide bonds. The van der Waals surface area contributed by atoms with E-state index in [0.29, 0.717) is 0 Å². The molecule has 0 N–H and O–H groups in total. The van der Waals surface area contributed by atoms with Crippen LogP contribution < -0.4 is 0 Å². The van der Waals surface area contributed by atoms with Gasteiger partial charge in [0.25, 0.3) is 0 Å². The molecule has 0 aromatic carbocycles. The zero-order valence-electron chi connectivity index (χ0n) is 2.33. The highest BCUT2D eigenvalue weighted by Gasteiger charge is 1.62. The van der Waals surface area contributed by atoms with Crippen molar-refractivity contribution in [2.24, 2.45) is 0 Å². The second kappa shape index (κ2) is 1.07. The predicted molar refractivity (Wildman–Crippen MR) is 17.7 cm³/mol. The standard InChI is InChI=1S/CHN3S/c1-2-4-5-3-1/h1H. The van der Waals surface area contributed by atoms with Gasteiger partial charge in [0, 0.05) is 0 Å². The summed E-state index contributed by atoms with van der Waals surface area (Å²) in [4.78, 5) is 0. The van der Waals surface area contributed by atoms with Gasteiger partial charge in [-0.15, -0.1) is 5.10 Å². The molecule has 0 fully saturated rings.